The van der Waals surface area contributed by atoms with Crippen LogP contribution in [0.3, 0.4) is 0 Å². The number of carbonyl (C=O) groups is 2. The van der Waals surface area contributed by atoms with Crippen molar-refractivity contribution in [2.24, 2.45) is 0 Å². The number of rotatable bonds is 7. The Labute approximate surface area is 165 Å². The van der Waals surface area contributed by atoms with Gasteiger partial charge in [0.2, 0.25) is 5.91 Å². The van der Waals surface area contributed by atoms with E-state index in [1.54, 1.807) is 25.4 Å². The van der Waals surface area contributed by atoms with E-state index < -0.39 is 0 Å². The third-order valence-electron chi connectivity index (χ3n) is 4.76. The SMILES string of the molecule is CNC(=O)c1ccc(CN(CC(=O)N2CCO[C@H](C)C2)Cc2ccco2)cc1. The first-order valence-corrected chi connectivity index (χ1v) is 9.50. The summed E-state index contributed by atoms with van der Waals surface area (Å²) in [5.74, 6) is 0.782. The zero-order valence-corrected chi connectivity index (χ0v) is 16.4. The van der Waals surface area contributed by atoms with Gasteiger partial charge in [0.1, 0.15) is 5.76 Å². The van der Waals surface area contributed by atoms with E-state index in [0.717, 1.165) is 11.3 Å². The van der Waals surface area contributed by atoms with E-state index in [1.807, 2.05) is 36.1 Å². The first-order valence-electron chi connectivity index (χ1n) is 9.50. The molecule has 150 valence electrons. The first kappa shape index (κ1) is 20.1. The number of hydrogen-bond donors (Lipinski definition) is 1. The van der Waals surface area contributed by atoms with Crippen LogP contribution in [0.25, 0.3) is 0 Å². The van der Waals surface area contributed by atoms with Gasteiger partial charge in [-0.3, -0.25) is 14.5 Å². The molecule has 1 fully saturated rings. The maximum Gasteiger partial charge on any atom is 0.251 e. The molecule has 0 bridgehead atoms. The van der Waals surface area contributed by atoms with Crippen LogP contribution in [0.1, 0.15) is 28.6 Å². The van der Waals surface area contributed by atoms with Crippen molar-refractivity contribution in [2.75, 3.05) is 33.3 Å². The number of nitrogens with zero attached hydrogens (tertiary/aromatic N) is 2. The molecule has 2 aromatic rings. The van der Waals surface area contributed by atoms with Gasteiger partial charge in [0, 0.05) is 32.2 Å². The van der Waals surface area contributed by atoms with E-state index in [2.05, 4.69) is 10.2 Å². The van der Waals surface area contributed by atoms with Gasteiger partial charge >= 0.3 is 0 Å². The smallest absolute Gasteiger partial charge is 0.251 e. The second-order valence-electron chi connectivity index (χ2n) is 7.02. The summed E-state index contributed by atoms with van der Waals surface area (Å²) in [5.41, 5.74) is 1.64. The molecule has 1 atom stereocenters. The Kier molecular flexibility index (Phi) is 6.84. The second-order valence-corrected chi connectivity index (χ2v) is 7.02. The molecule has 7 heteroatoms. The lowest BCUT2D eigenvalue weighted by atomic mass is 10.1. The number of hydrogen-bond acceptors (Lipinski definition) is 5. The van der Waals surface area contributed by atoms with Crippen LogP contribution in [0.5, 0.6) is 0 Å². The molecule has 0 saturated carbocycles. The summed E-state index contributed by atoms with van der Waals surface area (Å²) in [5, 5.41) is 2.62. The molecule has 7 nitrogen and oxygen atoms in total. The Balaban J connectivity index is 1.68. The minimum Gasteiger partial charge on any atom is -0.468 e. The molecule has 1 saturated heterocycles. The molecule has 1 aromatic heterocycles. The highest BCUT2D eigenvalue weighted by Crippen LogP contribution is 2.13. The lowest BCUT2D eigenvalue weighted by Crippen LogP contribution is -2.48. The van der Waals surface area contributed by atoms with Crippen molar-refractivity contribution in [1.29, 1.82) is 0 Å². The fourth-order valence-corrected chi connectivity index (χ4v) is 3.29. The number of amides is 2. The Bertz CT molecular complexity index is 773. The first-order chi connectivity index (χ1) is 13.5. The average molecular weight is 385 g/mol. The Hall–Kier alpha value is -2.64. The molecule has 0 radical (unpaired) electrons. The fraction of sp³-hybridized carbons (Fsp3) is 0.429. The molecule has 0 spiro atoms. The standard InChI is InChI=1S/C21H27N3O4/c1-16-12-24(9-11-27-16)20(25)15-23(14-19-4-3-10-28-19)13-17-5-7-18(8-6-17)21(26)22-2/h3-8,10,16H,9,11-15H2,1-2H3,(H,22,26)/t16-/m1/s1. The maximum absolute atomic E-state index is 12.8. The zero-order valence-electron chi connectivity index (χ0n) is 16.4. The molecular weight excluding hydrogens is 358 g/mol. The highest BCUT2D eigenvalue weighted by atomic mass is 16.5. The summed E-state index contributed by atoms with van der Waals surface area (Å²) in [4.78, 5) is 28.4. The predicted octanol–water partition coefficient (Wildman–Crippen LogP) is 1.89. The van der Waals surface area contributed by atoms with Crippen LogP contribution < -0.4 is 5.32 Å². The van der Waals surface area contributed by atoms with Crippen molar-refractivity contribution >= 4 is 11.8 Å². The summed E-state index contributed by atoms with van der Waals surface area (Å²) in [6, 6.07) is 11.2. The van der Waals surface area contributed by atoms with Gasteiger partial charge in [0.15, 0.2) is 0 Å². The molecule has 2 heterocycles. The van der Waals surface area contributed by atoms with E-state index in [9.17, 15) is 9.59 Å². The van der Waals surface area contributed by atoms with E-state index in [4.69, 9.17) is 9.15 Å². The van der Waals surface area contributed by atoms with Crippen LogP contribution in [0.2, 0.25) is 0 Å². The van der Waals surface area contributed by atoms with Gasteiger partial charge in [-0.2, -0.15) is 0 Å². The molecular formula is C21H27N3O4. The molecule has 1 aromatic carbocycles. The summed E-state index contributed by atoms with van der Waals surface area (Å²) in [7, 11) is 1.61. The van der Waals surface area contributed by atoms with Crippen molar-refractivity contribution in [1.82, 2.24) is 15.1 Å². The largest absolute Gasteiger partial charge is 0.468 e. The van der Waals surface area contributed by atoms with Crippen LogP contribution in [0.4, 0.5) is 0 Å². The molecule has 1 aliphatic heterocycles. The van der Waals surface area contributed by atoms with Crippen LogP contribution in [0.15, 0.2) is 47.1 Å². The van der Waals surface area contributed by atoms with Gasteiger partial charge in [0.25, 0.3) is 5.91 Å². The third-order valence-corrected chi connectivity index (χ3v) is 4.76. The number of benzene rings is 1. The summed E-state index contributed by atoms with van der Waals surface area (Å²) < 4.78 is 11.0. The molecule has 1 N–H and O–H groups in total. The maximum atomic E-state index is 12.8. The lowest BCUT2D eigenvalue weighted by Gasteiger charge is -2.33. The topological polar surface area (TPSA) is 75.0 Å². The van der Waals surface area contributed by atoms with Gasteiger partial charge < -0.3 is 19.4 Å². The van der Waals surface area contributed by atoms with Crippen molar-refractivity contribution in [2.45, 2.75) is 26.1 Å². The van der Waals surface area contributed by atoms with Gasteiger partial charge in [-0.25, -0.2) is 0 Å². The van der Waals surface area contributed by atoms with Crippen LogP contribution in [-0.2, 0) is 22.6 Å². The summed E-state index contributed by atoms with van der Waals surface area (Å²) in [6.45, 7) is 5.22. The zero-order chi connectivity index (χ0) is 19.9. The van der Waals surface area contributed by atoms with Crippen molar-refractivity contribution in [3.8, 4) is 0 Å². The van der Waals surface area contributed by atoms with E-state index in [-0.39, 0.29) is 17.9 Å². The minimum absolute atomic E-state index is 0.0634. The van der Waals surface area contributed by atoms with Gasteiger partial charge in [-0.1, -0.05) is 12.1 Å². The number of carbonyl (C=O) groups excluding carboxylic acids is 2. The highest BCUT2D eigenvalue weighted by Gasteiger charge is 2.23. The van der Waals surface area contributed by atoms with Crippen molar-refractivity contribution < 1.29 is 18.7 Å². The number of furan rings is 1. The van der Waals surface area contributed by atoms with E-state index >= 15 is 0 Å². The highest BCUT2D eigenvalue weighted by molar-refractivity contribution is 5.93. The number of morpholine rings is 1. The minimum atomic E-state index is -0.115. The van der Waals surface area contributed by atoms with Gasteiger partial charge in [0.05, 0.1) is 32.1 Å². The van der Waals surface area contributed by atoms with Crippen LogP contribution in [0, 0.1) is 0 Å². The third kappa shape index (κ3) is 5.43. The Morgan fingerprint density at radius 2 is 2.00 bits per heavy atom. The monoisotopic (exact) mass is 385 g/mol. The van der Waals surface area contributed by atoms with E-state index in [0.29, 0.717) is 44.9 Å². The van der Waals surface area contributed by atoms with Crippen molar-refractivity contribution in [3.05, 3.63) is 59.5 Å². The Morgan fingerprint density at radius 3 is 2.64 bits per heavy atom. The molecule has 1 aliphatic rings. The summed E-state index contributed by atoms with van der Waals surface area (Å²) >= 11 is 0. The van der Waals surface area contributed by atoms with Gasteiger partial charge in [-0.15, -0.1) is 0 Å². The summed E-state index contributed by atoms with van der Waals surface area (Å²) in [6.07, 6.45) is 1.70. The molecule has 2 amide bonds. The lowest BCUT2D eigenvalue weighted by molar-refractivity contribution is -0.139. The molecule has 0 unspecified atom stereocenters. The quantitative estimate of drug-likeness (QED) is 0.788. The molecule has 28 heavy (non-hydrogen) atoms. The number of ether oxygens (including phenoxy) is 1. The predicted molar refractivity (Wildman–Crippen MR) is 105 cm³/mol. The molecule has 3 rings (SSSR count). The van der Waals surface area contributed by atoms with Gasteiger partial charge in [-0.05, 0) is 36.8 Å². The Morgan fingerprint density at radius 1 is 1.21 bits per heavy atom. The van der Waals surface area contributed by atoms with Crippen LogP contribution in [-0.4, -0.2) is 61.0 Å². The normalized spacial score (nSPS) is 17.0. The molecule has 0 aliphatic carbocycles. The average Bonchev–Trinajstić information content (AvgIpc) is 3.21. The van der Waals surface area contributed by atoms with Crippen molar-refractivity contribution in [3.63, 3.8) is 0 Å². The number of nitrogens with one attached hydrogen (secondary N) is 1. The second kappa shape index (κ2) is 9.52. The van der Waals surface area contributed by atoms with E-state index in [1.165, 1.54) is 0 Å². The van der Waals surface area contributed by atoms with Crippen LogP contribution >= 0.6 is 0 Å². The fourth-order valence-electron chi connectivity index (χ4n) is 3.29.